The average Bonchev–Trinajstić information content (AvgIpc) is 3.28. The lowest BCUT2D eigenvalue weighted by Gasteiger charge is -2.12. The Morgan fingerprint density at radius 3 is 2.90 bits per heavy atom. The Bertz CT molecular complexity index is 1030. The molecule has 2 heterocycles. The molecule has 1 N–H and O–H groups in total. The number of thioether (sulfide) groups is 2. The number of rotatable bonds is 9. The fourth-order valence-corrected chi connectivity index (χ4v) is 5.45. The van der Waals surface area contributed by atoms with Crippen molar-refractivity contribution < 1.29 is 9.90 Å². The first-order valence-corrected chi connectivity index (χ1v) is 12.0. The summed E-state index contributed by atoms with van der Waals surface area (Å²) in [5, 5.41) is 23.3. The van der Waals surface area contributed by atoms with Gasteiger partial charge in [-0.3, -0.25) is 0 Å². The summed E-state index contributed by atoms with van der Waals surface area (Å²) in [5.74, 6) is 0.0758. The molecule has 3 rings (SSSR count). The Balaban J connectivity index is 2.05. The third kappa shape index (κ3) is 5.38. The summed E-state index contributed by atoms with van der Waals surface area (Å²) in [5.41, 5.74) is 2.70. The van der Waals surface area contributed by atoms with Gasteiger partial charge >= 0.3 is 5.97 Å². The van der Waals surface area contributed by atoms with Gasteiger partial charge in [-0.15, -0.1) is 11.3 Å². The number of nitrogens with zero attached hydrogens (tertiary/aromatic N) is 3. The molecule has 0 atom stereocenters. The number of unbranched alkanes of at least 4 members (excludes halogenated alkanes) is 1. The minimum Gasteiger partial charge on any atom is -0.478 e. The number of aromatic carboxylic acids is 1. The zero-order valence-corrected chi connectivity index (χ0v) is 18.2. The van der Waals surface area contributed by atoms with Crippen LogP contribution in [0.1, 0.15) is 35.7 Å². The van der Waals surface area contributed by atoms with Gasteiger partial charge in [0.2, 0.25) is 0 Å². The van der Waals surface area contributed by atoms with Crippen molar-refractivity contribution in [3.63, 3.8) is 0 Å². The first kappa shape index (κ1) is 21.4. The number of carboxylic acid groups (broad SMARTS) is 1. The van der Waals surface area contributed by atoms with Crippen LogP contribution in [0.4, 0.5) is 0 Å². The van der Waals surface area contributed by atoms with Crippen molar-refractivity contribution in [3.8, 4) is 27.9 Å². The van der Waals surface area contributed by atoms with Gasteiger partial charge in [-0.25, -0.2) is 14.8 Å². The maximum absolute atomic E-state index is 11.4. The highest BCUT2D eigenvalue weighted by Crippen LogP contribution is 2.36. The number of pyridine rings is 1. The lowest BCUT2D eigenvalue weighted by atomic mass is 9.99. The fourth-order valence-electron chi connectivity index (χ4n) is 2.64. The van der Waals surface area contributed by atoms with Crippen LogP contribution in [-0.2, 0) is 0 Å². The summed E-state index contributed by atoms with van der Waals surface area (Å²) < 4.78 is 0. The molecular weight excluding hydrogens is 422 g/mol. The van der Waals surface area contributed by atoms with E-state index in [9.17, 15) is 15.2 Å². The maximum Gasteiger partial charge on any atom is 0.335 e. The lowest BCUT2D eigenvalue weighted by molar-refractivity contribution is 0.0697. The van der Waals surface area contributed by atoms with Crippen molar-refractivity contribution in [2.24, 2.45) is 0 Å². The molecular formula is C21H19N3O2S3. The van der Waals surface area contributed by atoms with Crippen LogP contribution >= 0.6 is 34.9 Å². The van der Waals surface area contributed by atoms with E-state index in [2.05, 4.69) is 18.0 Å². The number of hydrogen-bond acceptors (Lipinski definition) is 7. The Kier molecular flexibility index (Phi) is 7.69. The number of aromatic nitrogens is 2. The molecule has 2 aromatic heterocycles. The largest absolute Gasteiger partial charge is 0.478 e. The molecule has 0 aliphatic carbocycles. The average molecular weight is 442 g/mol. The number of nitriles is 1. The Morgan fingerprint density at radius 1 is 1.34 bits per heavy atom. The van der Waals surface area contributed by atoms with Crippen LogP contribution in [0, 0.1) is 11.3 Å². The van der Waals surface area contributed by atoms with Gasteiger partial charge < -0.3 is 5.11 Å². The van der Waals surface area contributed by atoms with Gasteiger partial charge in [-0.1, -0.05) is 37.2 Å². The first-order chi connectivity index (χ1) is 14.1. The molecule has 0 aliphatic heterocycles. The van der Waals surface area contributed by atoms with E-state index in [-0.39, 0.29) is 5.56 Å². The molecule has 0 radical (unpaired) electrons. The predicted molar refractivity (Wildman–Crippen MR) is 121 cm³/mol. The highest BCUT2D eigenvalue weighted by atomic mass is 32.2. The summed E-state index contributed by atoms with van der Waals surface area (Å²) in [4.78, 5) is 20.4. The Morgan fingerprint density at radius 2 is 2.21 bits per heavy atom. The molecule has 0 unspecified atom stereocenters. The zero-order valence-electron chi connectivity index (χ0n) is 15.8. The van der Waals surface area contributed by atoms with Gasteiger partial charge in [0, 0.05) is 22.2 Å². The van der Waals surface area contributed by atoms with Crippen molar-refractivity contribution >= 4 is 40.8 Å². The van der Waals surface area contributed by atoms with Crippen LogP contribution in [0.2, 0.25) is 0 Å². The molecule has 0 saturated heterocycles. The molecule has 5 nitrogen and oxygen atoms in total. The first-order valence-electron chi connectivity index (χ1n) is 9.03. The molecule has 0 aliphatic rings. The highest BCUT2D eigenvalue weighted by molar-refractivity contribution is 8.15. The predicted octanol–water partition coefficient (Wildman–Crippen LogP) is 6.02. The standard InChI is InChI=1S/C21H19N3O2S3/c1-2-3-8-27-13-29-19-17(12-22)16(11-18(24-19)20-23-7-9-28-20)14-5-4-6-15(10-14)21(25)26/h4-7,9-11H,2-3,8,13H2,1H3,(H,25,26). The molecule has 0 bridgehead atoms. The second kappa shape index (κ2) is 10.4. The SMILES string of the molecule is CCCCSCSc1nc(-c2nccs2)cc(-c2cccc(C(=O)O)c2)c1C#N. The van der Waals surface area contributed by atoms with Crippen LogP contribution in [0.5, 0.6) is 0 Å². The zero-order chi connectivity index (χ0) is 20.6. The minimum atomic E-state index is -0.999. The number of carbonyl (C=O) groups is 1. The normalized spacial score (nSPS) is 10.6. The lowest BCUT2D eigenvalue weighted by Crippen LogP contribution is -1.99. The molecule has 0 saturated carbocycles. The molecule has 0 fully saturated rings. The molecule has 29 heavy (non-hydrogen) atoms. The summed E-state index contributed by atoms with van der Waals surface area (Å²) in [6, 6.07) is 10.7. The third-order valence-electron chi connectivity index (χ3n) is 4.09. The van der Waals surface area contributed by atoms with Crippen LogP contribution in [-0.4, -0.2) is 31.9 Å². The van der Waals surface area contributed by atoms with E-state index >= 15 is 0 Å². The summed E-state index contributed by atoms with van der Waals surface area (Å²) in [7, 11) is 0. The van der Waals surface area contributed by atoms with E-state index in [0.717, 1.165) is 28.7 Å². The van der Waals surface area contributed by atoms with Gasteiger partial charge in [-0.05, 0) is 35.9 Å². The monoisotopic (exact) mass is 441 g/mol. The highest BCUT2D eigenvalue weighted by Gasteiger charge is 2.17. The van der Waals surface area contributed by atoms with E-state index in [1.165, 1.54) is 11.3 Å². The summed E-state index contributed by atoms with van der Waals surface area (Å²) >= 11 is 4.85. The number of thiazole rings is 1. The number of hydrogen-bond donors (Lipinski definition) is 1. The van der Waals surface area contributed by atoms with E-state index in [0.29, 0.717) is 27.4 Å². The quantitative estimate of drug-likeness (QED) is 0.247. The van der Waals surface area contributed by atoms with Crippen molar-refractivity contribution in [3.05, 3.63) is 53.0 Å². The minimum absolute atomic E-state index is 0.184. The van der Waals surface area contributed by atoms with Crippen molar-refractivity contribution in [1.29, 1.82) is 5.26 Å². The van der Waals surface area contributed by atoms with Crippen LogP contribution in [0.25, 0.3) is 21.8 Å². The Labute approximate surface area is 182 Å². The van der Waals surface area contributed by atoms with Crippen LogP contribution in [0.15, 0.2) is 46.9 Å². The molecule has 8 heteroatoms. The topological polar surface area (TPSA) is 86.9 Å². The second-order valence-electron chi connectivity index (χ2n) is 6.09. The van der Waals surface area contributed by atoms with Gasteiger partial charge in [-0.2, -0.15) is 17.0 Å². The van der Waals surface area contributed by atoms with Crippen LogP contribution < -0.4 is 0 Å². The molecule has 1 aromatic carbocycles. The smallest absolute Gasteiger partial charge is 0.335 e. The van der Waals surface area contributed by atoms with Gasteiger partial charge in [0.25, 0.3) is 0 Å². The fraction of sp³-hybridized carbons (Fsp3) is 0.238. The summed E-state index contributed by atoms with van der Waals surface area (Å²) in [6.07, 6.45) is 4.04. The van der Waals surface area contributed by atoms with E-state index < -0.39 is 5.97 Å². The molecule has 148 valence electrons. The van der Waals surface area contributed by atoms with Gasteiger partial charge in [0.1, 0.15) is 21.8 Å². The van der Waals surface area contributed by atoms with Gasteiger partial charge in [0.15, 0.2) is 0 Å². The van der Waals surface area contributed by atoms with E-state index in [1.54, 1.807) is 36.2 Å². The molecule has 3 aromatic rings. The van der Waals surface area contributed by atoms with Crippen molar-refractivity contribution in [1.82, 2.24) is 9.97 Å². The van der Waals surface area contributed by atoms with Crippen molar-refractivity contribution in [2.75, 3.05) is 10.8 Å². The second-order valence-corrected chi connectivity index (χ2v) is 9.42. The maximum atomic E-state index is 11.4. The Hall–Kier alpha value is -2.34. The molecule has 0 amide bonds. The number of benzene rings is 1. The van der Waals surface area contributed by atoms with E-state index in [1.807, 2.05) is 29.3 Å². The third-order valence-corrected chi connectivity index (χ3v) is 7.17. The van der Waals surface area contributed by atoms with Crippen LogP contribution in [0.3, 0.4) is 0 Å². The van der Waals surface area contributed by atoms with Gasteiger partial charge in [0.05, 0.1) is 11.1 Å². The van der Waals surface area contributed by atoms with Crippen molar-refractivity contribution in [2.45, 2.75) is 24.8 Å². The number of carboxylic acids is 1. The van der Waals surface area contributed by atoms with E-state index in [4.69, 9.17) is 4.98 Å². The molecule has 0 spiro atoms. The summed E-state index contributed by atoms with van der Waals surface area (Å²) in [6.45, 7) is 2.16.